The summed E-state index contributed by atoms with van der Waals surface area (Å²) in [6, 6.07) is 2.14. The fourth-order valence-electron chi connectivity index (χ4n) is 3.94. The topological polar surface area (TPSA) is 43.8 Å². The molecule has 3 heterocycles. The lowest BCUT2D eigenvalue weighted by Crippen LogP contribution is -2.41. The summed E-state index contributed by atoms with van der Waals surface area (Å²) < 4.78 is 0. The van der Waals surface area contributed by atoms with E-state index in [2.05, 4.69) is 32.9 Å². The molecule has 22 heavy (non-hydrogen) atoms. The van der Waals surface area contributed by atoms with Gasteiger partial charge in [-0.1, -0.05) is 0 Å². The molecule has 1 aromatic rings. The minimum atomic E-state index is -0.599. The third-order valence-corrected chi connectivity index (χ3v) is 6.41. The van der Waals surface area contributed by atoms with Gasteiger partial charge in [-0.3, -0.25) is 9.69 Å². The number of aliphatic carboxylic acids is 1. The van der Waals surface area contributed by atoms with Crippen molar-refractivity contribution in [2.24, 2.45) is 11.3 Å². The first-order valence-corrected chi connectivity index (χ1v) is 10.2. The Kier molecular flexibility index (Phi) is 5.12. The molecule has 2 saturated heterocycles. The summed E-state index contributed by atoms with van der Waals surface area (Å²) in [4.78, 5) is 16.7. The van der Waals surface area contributed by atoms with Crippen molar-refractivity contribution in [2.45, 2.75) is 13.0 Å². The molecule has 3 rings (SSSR count). The zero-order chi connectivity index (χ0) is 15.6. The fraction of sp³-hybridized carbons (Fsp3) is 0.688. The maximum absolute atomic E-state index is 12.0. The van der Waals surface area contributed by atoms with Crippen LogP contribution in [0.1, 0.15) is 12.0 Å². The van der Waals surface area contributed by atoms with Crippen LogP contribution < -0.4 is 0 Å². The SMILES string of the molecule is CSCCCN1C[C@H]2CN(Cc3ccsc3)C[C@@]2(C(=O)O)C1. The van der Waals surface area contributed by atoms with E-state index >= 15 is 0 Å². The van der Waals surface area contributed by atoms with Crippen molar-refractivity contribution < 1.29 is 9.90 Å². The van der Waals surface area contributed by atoms with Crippen LogP contribution in [0, 0.1) is 11.3 Å². The quantitative estimate of drug-likeness (QED) is 0.772. The number of hydrogen-bond donors (Lipinski definition) is 1. The summed E-state index contributed by atoms with van der Waals surface area (Å²) in [5, 5.41) is 14.1. The van der Waals surface area contributed by atoms with Gasteiger partial charge in [-0.2, -0.15) is 23.1 Å². The Morgan fingerprint density at radius 3 is 2.86 bits per heavy atom. The molecule has 0 amide bonds. The van der Waals surface area contributed by atoms with Crippen LogP contribution in [0.2, 0.25) is 0 Å². The molecule has 1 aromatic heterocycles. The second-order valence-corrected chi connectivity index (χ2v) is 8.31. The van der Waals surface area contributed by atoms with Crippen molar-refractivity contribution in [1.29, 1.82) is 0 Å². The normalized spacial score (nSPS) is 29.0. The van der Waals surface area contributed by atoms with E-state index < -0.39 is 11.4 Å². The van der Waals surface area contributed by atoms with Crippen molar-refractivity contribution in [3.8, 4) is 0 Å². The van der Waals surface area contributed by atoms with Crippen LogP contribution in [0.4, 0.5) is 0 Å². The molecule has 0 bridgehead atoms. The Morgan fingerprint density at radius 2 is 2.23 bits per heavy atom. The van der Waals surface area contributed by atoms with E-state index in [9.17, 15) is 9.90 Å². The van der Waals surface area contributed by atoms with E-state index in [0.29, 0.717) is 6.54 Å². The van der Waals surface area contributed by atoms with Crippen LogP contribution in [0.15, 0.2) is 16.8 Å². The molecule has 0 aliphatic carbocycles. The van der Waals surface area contributed by atoms with Gasteiger partial charge in [0.05, 0.1) is 5.41 Å². The number of thiophene rings is 1. The molecule has 0 saturated carbocycles. The van der Waals surface area contributed by atoms with E-state index in [0.717, 1.165) is 44.9 Å². The lowest BCUT2D eigenvalue weighted by Gasteiger charge is -2.25. The maximum atomic E-state index is 12.0. The lowest BCUT2D eigenvalue weighted by molar-refractivity contribution is -0.148. The van der Waals surface area contributed by atoms with Gasteiger partial charge in [-0.05, 0) is 47.4 Å². The highest BCUT2D eigenvalue weighted by molar-refractivity contribution is 7.98. The van der Waals surface area contributed by atoms with Crippen molar-refractivity contribution in [1.82, 2.24) is 9.80 Å². The van der Waals surface area contributed by atoms with Gasteiger partial charge in [-0.15, -0.1) is 0 Å². The molecule has 1 N–H and O–H groups in total. The highest BCUT2D eigenvalue weighted by Gasteiger charge is 2.57. The summed E-state index contributed by atoms with van der Waals surface area (Å²) in [7, 11) is 0. The van der Waals surface area contributed by atoms with E-state index in [-0.39, 0.29) is 5.92 Å². The van der Waals surface area contributed by atoms with Crippen molar-refractivity contribution in [2.75, 3.05) is 44.7 Å². The molecule has 2 aliphatic rings. The van der Waals surface area contributed by atoms with Gasteiger partial charge >= 0.3 is 5.97 Å². The second kappa shape index (κ2) is 6.91. The van der Waals surface area contributed by atoms with Crippen LogP contribution in [0.5, 0.6) is 0 Å². The Bertz CT molecular complexity index is 508. The smallest absolute Gasteiger partial charge is 0.312 e. The van der Waals surface area contributed by atoms with Crippen molar-refractivity contribution >= 4 is 29.1 Å². The van der Waals surface area contributed by atoms with Crippen molar-refractivity contribution in [3.63, 3.8) is 0 Å². The van der Waals surface area contributed by atoms with E-state index in [1.54, 1.807) is 11.3 Å². The van der Waals surface area contributed by atoms with Crippen LogP contribution in [0.3, 0.4) is 0 Å². The Morgan fingerprint density at radius 1 is 1.45 bits per heavy atom. The summed E-state index contributed by atoms with van der Waals surface area (Å²) in [6.45, 7) is 5.21. The average Bonchev–Trinajstić information content (AvgIpc) is 3.14. The third kappa shape index (κ3) is 3.20. The molecule has 4 nitrogen and oxygen atoms in total. The zero-order valence-corrected chi connectivity index (χ0v) is 14.7. The molecule has 0 radical (unpaired) electrons. The Balaban J connectivity index is 1.62. The molecular formula is C16H24N2O2S2. The predicted molar refractivity (Wildman–Crippen MR) is 92.6 cm³/mol. The van der Waals surface area contributed by atoms with Gasteiger partial charge in [0.25, 0.3) is 0 Å². The minimum Gasteiger partial charge on any atom is -0.481 e. The monoisotopic (exact) mass is 340 g/mol. The lowest BCUT2D eigenvalue weighted by atomic mass is 9.81. The first-order valence-electron chi connectivity index (χ1n) is 7.82. The number of fused-ring (bicyclic) bond motifs is 1. The Labute approximate surface area is 140 Å². The van der Waals surface area contributed by atoms with Gasteiger partial charge in [-0.25, -0.2) is 0 Å². The van der Waals surface area contributed by atoms with E-state index in [1.165, 1.54) is 5.56 Å². The molecule has 2 aliphatic heterocycles. The molecule has 0 unspecified atom stereocenters. The summed E-state index contributed by atoms with van der Waals surface area (Å²) in [6.07, 6.45) is 3.28. The second-order valence-electron chi connectivity index (χ2n) is 6.54. The van der Waals surface area contributed by atoms with Gasteiger partial charge in [0.2, 0.25) is 0 Å². The van der Waals surface area contributed by atoms with Gasteiger partial charge in [0.1, 0.15) is 0 Å². The third-order valence-electron chi connectivity index (χ3n) is 4.99. The zero-order valence-electron chi connectivity index (χ0n) is 13.0. The molecule has 0 spiro atoms. The summed E-state index contributed by atoms with van der Waals surface area (Å²) >= 11 is 3.57. The molecule has 2 atom stereocenters. The van der Waals surface area contributed by atoms with E-state index in [1.807, 2.05) is 11.8 Å². The average molecular weight is 341 g/mol. The number of carbonyl (C=O) groups is 1. The standard InChI is InChI=1S/C16H24N2O2S2/c1-21-5-2-4-17-8-14-9-18(7-13-3-6-22-10-13)12-16(14,11-17)15(19)20/h3,6,10,14H,2,4-5,7-9,11-12H2,1H3,(H,19,20)/t14-,16-/m0/s1. The summed E-state index contributed by atoms with van der Waals surface area (Å²) in [5.41, 5.74) is 0.761. The Hall–Kier alpha value is -0.560. The van der Waals surface area contributed by atoms with Gasteiger partial charge in [0.15, 0.2) is 0 Å². The highest BCUT2D eigenvalue weighted by Crippen LogP contribution is 2.43. The number of carboxylic acids is 1. The molecular weight excluding hydrogens is 316 g/mol. The minimum absolute atomic E-state index is 0.276. The van der Waals surface area contributed by atoms with Gasteiger partial charge in [0, 0.05) is 38.6 Å². The highest BCUT2D eigenvalue weighted by atomic mass is 32.2. The number of carboxylic acid groups (broad SMARTS) is 1. The number of thioether (sulfide) groups is 1. The number of nitrogens with zero attached hydrogens (tertiary/aromatic N) is 2. The predicted octanol–water partition coefficient (Wildman–Crippen LogP) is 2.32. The molecule has 6 heteroatoms. The van der Waals surface area contributed by atoms with Crippen LogP contribution in [0.25, 0.3) is 0 Å². The van der Waals surface area contributed by atoms with Crippen LogP contribution in [-0.2, 0) is 11.3 Å². The van der Waals surface area contributed by atoms with Crippen molar-refractivity contribution in [3.05, 3.63) is 22.4 Å². The molecule has 2 fully saturated rings. The number of hydrogen-bond acceptors (Lipinski definition) is 5. The van der Waals surface area contributed by atoms with Crippen LogP contribution in [-0.4, -0.2) is 65.6 Å². The summed E-state index contributed by atoms with van der Waals surface area (Å²) in [5.74, 6) is 0.835. The largest absolute Gasteiger partial charge is 0.481 e. The number of rotatable bonds is 7. The fourth-order valence-corrected chi connectivity index (χ4v) is 5.02. The number of likely N-dealkylation sites (tertiary alicyclic amines) is 2. The maximum Gasteiger partial charge on any atom is 0.312 e. The first-order chi connectivity index (χ1) is 10.6. The van der Waals surface area contributed by atoms with Crippen LogP contribution >= 0.6 is 23.1 Å². The molecule has 122 valence electrons. The van der Waals surface area contributed by atoms with E-state index in [4.69, 9.17) is 0 Å². The molecule has 0 aromatic carbocycles. The van der Waals surface area contributed by atoms with Gasteiger partial charge < -0.3 is 10.0 Å². The first kappa shape index (κ1) is 16.3.